The molecule has 1 rings (SSSR count). The molecule has 0 unspecified atom stereocenters. The van der Waals surface area contributed by atoms with Crippen LogP contribution in [-0.4, -0.2) is 13.2 Å². The lowest BCUT2D eigenvalue weighted by atomic mass is 10.2. The summed E-state index contributed by atoms with van der Waals surface area (Å²) in [6.45, 7) is 1.18. The number of benzene rings is 1. The van der Waals surface area contributed by atoms with E-state index in [1.807, 2.05) is 0 Å². The molecule has 0 N–H and O–H groups in total. The first kappa shape index (κ1) is 10.8. The third kappa shape index (κ3) is 2.87. The third-order valence-electron chi connectivity index (χ3n) is 1.62. The number of ether oxygens (including phenoxy) is 2. The number of hydrogen-bond acceptors (Lipinski definition) is 2. The van der Waals surface area contributed by atoms with E-state index in [0.717, 1.165) is 5.56 Å². The first-order valence-corrected chi connectivity index (χ1v) is 4.31. The zero-order valence-electron chi connectivity index (χ0n) is 8.09. The zero-order valence-corrected chi connectivity index (χ0v) is 8.09. The molecule has 0 saturated heterocycles. The monoisotopic (exact) mass is 202 g/mol. The van der Waals surface area contributed by atoms with E-state index < -0.39 is 6.61 Å². The average molecular weight is 202 g/mol. The highest BCUT2D eigenvalue weighted by molar-refractivity contribution is 5.42. The second-order valence-corrected chi connectivity index (χ2v) is 2.76. The van der Waals surface area contributed by atoms with Gasteiger partial charge in [-0.05, 0) is 31.5 Å². The van der Waals surface area contributed by atoms with Crippen molar-refractivity contribution in [3.05, 3.63) is 23.8 Å². The van der Waals surface area contributed by atoms with Crippen LogP contribution in [0, 0.1) is 6.92 Å². The Morgan fingerprint density at radius 2 is 2.00 bits per heavy atom. The van der Waals surface area contributed by atoms with Crippen LogP contribution in [0.1, 0.15) is 12.5 Å². The molecule has 2 nitrogen and oxygen atoms in total. The molecule has 0 aliphatic carbocycles. The Balaban J connectivity index is 2.90. The van der Waals surface area contributed by atoms with Crippen molar-refractivity contribution in [1.82, 2.24) is 0 Å². The van der Waals surface area contributed by atoms with Crippen molar-refractivity contribution < 1.29 is 18.3 Å². The molecule has 0 aromatic heterocycles. The van der Waals surface area contributed by atoms with E-state index in [-0.39, 0.29) is 5.75 Å². The summed E-state index contributed by atoms with van der Waals surface area (Å²) in [6.07, 6.45) is 0. The third-order valence-corrected chi connectivity index (χ3v) is 1.62. The van der Waals surface area contributed by atoms with Crippen molar-refractivity contribution in [2.75, 3.05) is 6.61 Å². The summed E-state index contributed by atoms with van der Waals surface area (Å²) in [4.78, 5) is 0. The molecule has 0 heterocycles. The lowest BCUT2D eigenvalue weighted by Gasteiger charge is -2.11. The first-order chi connectivity index (χ1) is 6.63. The Labute approximate surface area is 81.4 Å². The van der Waals surface area contributed by atoms with Crippen LogP contribution in [-0.2, 0) is 0 Å². The Hall–Kier alpha value is -1.32. The highest BCUT2D eigenvalue weighted by atomic mass is 19.3. The summed E-state index contributed by atoms with van der Waals surface area (Å²) in [5, 5.41) is 0. The van der Waals surface area contributed by atoms with Gasteiger partial charge in [0.25, 0.3) is 0 Å². The van der Waals surface area contributed by atoms with Gasteiger partial charge in [-0.2, -0.15) is 8.78 Å². The highest BCUT2D eigenvalue weighted by Gasteiger charge is 2.10. The van der Waals surface area contributed by atoms with Gasteiger partial charge in [-0.3, -0.25) is 0 Å². The second-order valence-electron chi connectivity index (χ2n) is 2.76. The maximum atomic E-state index is 12.0. The van der Waals surface area contributed by atoms with Gasteiger partial charge in [0.05, 0.1) is 6.61 Å². The van der Waals surface area contributed by atoms with Crippen LogP contribution < -0.4 is 9.47 Å². The van der Waals surface area contributed by atoms with E-state index in [1.165, 1.54) is 6.07 Å². The maximum Gasteiger partial charge on any atom is 0.387 e. The van der Waals surface area contributed by atoms with Crippen molar-refractivity contribution in [1.29, 1.82) is 0 Å². The number of rotatable bonds is 4. The molecule has 1 aromatic rings. The van der Waals surface area contributed by atoms with Gasteiger partial charge in [0.15, 0.2) is 11.5 Å². The molecule has 14 heavy (non-hydrogen) atoms. The van der Waals surface area contributed by atoms with E-state index >= 15 is 0 Å². The molecule has 0 radical (unpaired) electrons. The summed E-state index contributed by atoms with van der Waals surface area (Å²) >= 11 is 0. The van der Waals surface area contributed by atoms with Crippen LogP contribution in [0.3, 0.4) is 0 Å². The largest absolute Gasteiger partial charge is 0.490 e. The molecule has 4 heteroatoms. The summed E-state index contributed by atoms with van der Waals surface area (Å²) in [7, 11) is 0. The van der Waals surface area contributed by atoms with Crippen LogP contribution in [0.2, 0.25) is 0 Å². The molecular formula is C10H12F2O2. The van der Waals surface area contributed by atoms with Crippen molar-refractivity contribution in [2.45, 2.75) is 20.5 Å². The van der Waals surface area contributed by atoms with E-state index in [9.17, 15) is 8.78 Å². The second kappa shape index (κ2) is 4.79. The van der Waals surface area contributed by atoms with Gasteiger partial charge in [-0.15, -0.1) is 0 Å². The fraction of sp³-hybridized carbons (Fsp3) is 0.400. The molecule has 78 valence electrons. The molecule has 0 fully saturated rings. The van der Waals surface area contributed by atoms with Crippen molar-refractivity contribution in [3.63, 3.8) is 0 Å². The van der Waals surface area contributed by atoms with Crippen LogP contribution in [0.5, 0.6) is 11.5 Å². The highest BCUT2D eigenvalue weighted by Crippen LogP contribution is 2.29. The average Bonchev–Trinajstić information content (AvgIpc) is 2.09. The number of aryl methyl sites for hydroxylation is 1. The fourth-order valence-corrected chi connectivity index (χ4v) is 1.08. The SMILES string of the molecule is CCOc1ccc(C)cc1OC(F)F. The molecule has 1 aromatic carbocycles. The van der Waals surface area contributed by atoms with Gasteiger partial charge in [0.2, 0.25) is 0 Å². The molecule has 0 amide bonds. The van der Waals surface area contributed by atoms with Crippen molar-refractivity contribution >= 4 is 0 Å². The molecule has 0 aliphatic heterocycles. The minimum Gasteiger partial charge on any atom is -0.490 e. The fourth-order valence-electron chi connectivity index (χ4n) is 1.08. The number of alkyl halides is 2. The molecule has 0 bridgehead atoms. The summed E-state index contributed by atoms with van der Waals surface area (Å²) in [5.41, 5.74) is 0.851. The number of halogens is 2. The van der Waals surface area contributed by atoms with Crippen molar-refractivity contribution in [2.24, 2.45) is 0 Å². The lowest BCUT2D eigenvalue weighted by Crippen LogP contribution is -2.04. The maximum absolute atomic E-state index is 12.0. The minimum absolute atomic E-state index is 0.0850. The van der Waals surface area contributed by atoms with E-state index in [0.29, 0.717) is 12.4 Å². The van der Waals surface area contributed by atoms with Crippen molar-refractivity contribution in [3.8, 4) is 11.5 Å². The minimum atomic E-state index is -2.82. The summed E-state index contributed by atoms with van der Waals surface area (Å²) < 4.78 is 33.4. The molecule has 0 saturated carbocycles. The topological polar surface area (TPSA) is 18.5 Å². The quantitative estimate of drug-likeness (QED) is 0.747. The molecule has 0 spiro atoms. The molecule has 0 atom stereocenters. The van der Waals surface area contributed by atoms with Gasteiger partial charge < -0.3 is 9.47 Å². The smallest absolute Gasteiger partial charge is 0.387 e. The number of hydrogen-bond donors (Lipinski definition) is 0. The van der Waals surface area contributed by atoms with Gasteiger partial charge in [0, 0.05) is 0 Å². The summed E-state index contributed by atoms with van der Waals surface area (Å²) in [6, 6.07) is 4.93. The van der Waals surface area contributed by atoms with E-state index in [4.69, 9.17) is 4.74 Å². The van der Waals surface area contributed by atoms with Gasteiger partial charge in [0.1, 0.15) is 0 Å². The molecular weight excluding hydrogens is 190 g/mol. The predicted octanol–water partition coefficient (Wildman–Crippen LogP) is 3.00. The Kier molecular flexibility index (Phi) is 3.68. The lowest BCUT2D eigenvalue weighted by molar-refractivity contribution is -0.0514. The Morgan fingerprint density at radius 1 is 1.29 bits per heavy atom. The summed E-state index contributed by atoms with van der Waals surface area (Å²) in [5.74, 6) is 0.431. The standard InChI is InChI=1S/C10H12F2O2/c1-3-13-8-5-4-7(2)6-9(8)14-10(11)12/h4-6,10H,3H2,1-2H3. The first-order valence-electron chi connectivity index (χ1n) is 4.31. The van der Waals surface area contributed by atoms with Gasteiger partial charge in [-0.25, -0.2) is 0 Å². The van der Waals surface area contributed by atoms with Crippen LogP contribution in [0.15, 0.2) is 18.2 Å². The zero-order chi connectivity index (χ0) is 10.6. The van der Waals surface area contributed by atoms with E-state index in [1.54, 1.807) is 26.0 Å². The normalized spacial score (nSPS) is 10.4. The predicted molar refractivity (Wildman–Crippen MR) is 49.0 cm³/mol. The van der Waals surface area contributed by atoms with Gasteiger partial charge in [-0.1, -0.05) is 6.07 Å². The Morgan fingerprint density at radius 3 is 2.57 bits per heavy atom. The Bertz CT molecular complexity index is 300. The van der Waals surface area contributed by atoms with Gasteiger partial charge >= 0.3 is 6.61 Å². The van der Waals surface area contributed by atoms with Crippen LogP contribution in [0.25, 0.3) is 0 Å². The van der Waals surface area contributed by atoms with Crippen LogP contribution >= 0.6 is 0 Å². The molecule has 0 aliphatic rings. The van der Waals surface area contributed by atoms with Crippen LogP contribution in [0.4, 0.5) is 8.78 Å². The van der Waals surface area contributed by atoms with E-state index in [2.05, 4.69) is 4.74 Å².